The van der Waals surface area contributed by atoms with E-state index in [-0.39, 0.29) is 11.3 Å². The average Bonchev–Trinajstić information content (AvgIpc) is 3.02. The Bertz CT molecular complexity index is 1040. The summed E-state index contributed by atoms with van der Waals surface area (Å²) in [6, 6.07) is 11.3. The highest BCUT2D eigenvalue weighted by molar-refractivity contribution is 7.53. The van der Waals surface area contributed by atoms with Crippen LogP contribution in [0.1, 0.15) is 20.7 Å². The normalized spacial score (nSPS) is 22.2. The van der Waals surface area contributed by atoms with Gasteiger partial charge in [-0.2, -0.15) is 0 Å². The number of nitrogens with two attached hydrogens (primary N) is 1. The number of hydrogen-bond acceptors (Lipinski definition) is 8. The summed E-state index contributed by atoms with van der Waals surface area (Å²) in [5.74, 6) is -2.43. The quantitative estimate of drug-likeness (QED) is 0.194. The van der Waals surface area contributed by atoms with Crippen LogP contribution in [0, 0.1) is 0 Å². The van der Waals surface area contributed by atoms with Crippen LogP contribution >= 0.6 is 7.75 Å². The summed E-state index contributed by atoms with van der Waals surface area (Å²) in [5.41, 5.74) is 4.99. The van der Waals surface area contributed by atoms with Gasteiger partial charge < -0.3 is 45.8 Å². The van der Waals surface area contributed by atoms with Crippen molar-refractivity contribution < 1.29 is 54.2 Å². The number of hydrogen-bond donors (Lipinski definition) is 8. The Morgan fingerprint density at radius 1 is 0.939 bits per heavy atom. The van der Waals surface area contributed by atoms with Crippen LogP contribution in [0.4, 0.5) is 11.4 Å². The van der Waals surface area contributed by atoms with Gasteiger partial charge in [-0.25, -0.2) is 18.8 Å². The molecule has 2 aromatic carbocycles. The van der Waals surface area contributed by atoms with Crippen LogP contribution in [0.5, 0.6) is 0 Å². The number of carboxylic acids is 2. The Kier molecular flexibility index (Phi) is 8.52. The van der Waals surface area contributed by atoms with Crippen molar-refractivity contribution in [1.29, 1.82) is 0 Å². The van der Waals surface area contributed by atoms with Crippen LogP contribution in [0.2, 0.25) is 0 Å². The fourth-order valence-electron chi connectivity index (χ4n) is 3.05. The first-order valence-corrected chi connectivity index (χ1v) is 10.8. The van der Waals surface area contributed by atoms with E-state index >= 15 is 0 Å². The van der Waals surface area contributed by atoms with Crippen LogP contribution in [0.25, 0.3) is 0 Å². The predicted octanol–water partition coefficient (Wildman–Crippen LogP) is -0.310. The van der Waals surface area contributed by atoms with E-state index in [9.17, 15) is 34.2 Å². The highest BCUT2D eigenvalue weighted by Gasteiger charge is 2.50. The average molecular weight is 486 g/mol. The maximum atomic E-state index is 11.8. The number of aliphatic hydroxyl groups excluding tert-OH is 3. The number of carboxylic acid groups (broad SMARTS) is 2. The van der Waals surface area contributed by atoms with Gasteiger partial charge in [0.25, 0.3) is 0 Å². The number of ether oxygens (including phenoxy) is 1. The summed E-state index contributed by atoms with van der Waals surface area (Å²) in [6.45, 7) is -0.690. The minimum Gasteiger partial charge on any atom is -0.478 e. The van der Waals surface area contributed by atoms with Crippen molar-refractivity contribution in [1.82, 2.24) is 0 Å². The molecule has 0 radical (unpaired) electrons. The molecule has 0 aliphatic carbocycles. The van der Waals surface area contributed by atoms with E-state index in [1.54, 1.807) is 18.2 Å². The van der Waals surface area contributed by atoms with E-state index in [1.165, 1.54) is 18.2 Å². The number of aliphatic hydroxyl groups is 3. The predicted molar refractivity (Wildman–Crippen MR) is 113 cm³/mol. The fraction of sp³-hybridized carbons (Fsp3) is 0.263. The Morgan fingerprint density at radius 2 is 1.45 bits per heavy atom. The Balaban J connectivity index is 0.000000321. The van der Waals surface area contributed by atoms with E-state index in [0.29, 0.717) is 10.4 Å². The smallest absolute Gasteiger partial charge is 0.432 e. The van der Waals surface area contributed by atoms with Gasteiger partial charge in [0.2, 0.25) is 0 Å². The maximum Gasteiger partial charge on any atom is 0.432 e. The van der Waals surface area contributed by atoms with E-state index < -0.39 is 56.4 Å². The zero-order valence-electron chi connectivity index (χ0n) is 16.9. The van der Waals surface area contributed by atoms with Crippen molar-refractivity contribution >= 4 is 31.1 Å². The summed E-state index contributed by atoms with van der Waals surface area (Å²) < 4.78 is 17.2. The van der Waals surface area contributed by atoms with Gasteiger partial charge in [-0.15, -0.1) is 0 Å². The highest BCUT2D eigenvalue weighted by atomic mass is 31.2. The van der Waals surface area contributed by atoms with Crippen LogP contribution in [0.15, 0.2) is 48.5 Å². The van der Waals surface area contributed by atoms with Crippen LogP contribution in [-0.4, -0.2) is 78.4 Å². The number of anilines is 2. The lowest BCUT2D eigenvalue weighted by molar-refractivity contribution is -0.0197. The molecule has 14 heteroatoms. The number of nitrogens with zero attached hydrogens (tertiary/aromatic N) is 1. The van der Waals surface area contributed by atoms with E-state index in [0.717, 1.165) is 12.1 Å². The van der Waals surface area contributed by atoms with E-state index in [4.69, 9.17) is 25.8 Å². The molecule has 13 nitrogen and oxygen atoms in total. The zero-order valence-corrected chi connectivity index (χ0v) is 17.8. The van der Waals surface area contributed by atoms with Gasteiger partial charge in [-0.3, -0.25) is 0 Å². The number of nitrogen functional groups attached to an aromatic ring is 1. The molecule has 0 spiro atoms. The lowest BCUT2D eigenvalue weighted by Gasteiger charge is -2.33. The molecule has 0 bridgehead atoms. The second kappa shape index (κ2) is 10.7. The van der Waals surface area contributed by atoms with Crippen molar-refractivity contribution in [2.45, 2.75) is 24.5 Å². The van der Waals surface area contributed by atoms with Gasteiger partial charge in [-0.1, -0.05) is 24.3 Å². The van der Waals surface area contributed by atoms with Crippen LogP contribution in [0.3, 0.4) is 0 Å². The maximum absolute atomic E-state index is 11.8. The second-order valence-corrected chi connectivity index (χ2v) is 8.26. The zero-order chi connectivity index (χ0) is 24.9. The molecule has 33 heavy (non-hydrogen) atoms. The first-order valence-electron chi connectivity index (χ1n) is 9.28. The summed E-state index contributed by atoms with van der Waals surface area (Å²) in [5, 5.41) is 46.4. The number of rotatable bonds is 6. The number of carbonyl (C=O) groups is 2. The van der Waals surface area contributed by atoms with E-state index in [2.05, 4.69) is 0 Å². The SMILES string of the molecule is Nc1ccccc1C(=O)O.O=C(O)c1ccccc1N(C1O[C@H](CO)[C@@H](O)[C@H]1O)P(=O)(O)O. The monoisotopic (exact) mass is 486 g/mol. The van der Waals surface area contributed by atoms with Gasteiger partial charge in [0.1, 0.15) is 18.3 Å². The number of aromatic carboxylic acids is 2. The molecule has 1 aliphatic heterocycles. The molecule has 1 unspecified atom stereocenters. The molecule has 1 heterocycles. The molecule has 9 N–H and O–H groups in total. The molecule has 4 atom stereocenters. The molecule has 180 valence electrons. The highest BCUT2D eigenvalue weighted by Crippen LogP contribution is 2.49. The molecular formula is C19H23N2O11P. The molecular weight excluding hydrogens is 463 g/mol. The van der Waals surface area contributed by atoms with Crippen molar-refractivity contribution in [3.63, 3.8) is 0 Å². The molecule has 0 aromatic heterocycles. The fourth-order valence-corrected chi connectivity index (χ4v) is 4.00. The third-order valence-electron chi connectivity index (χ3n) is 4.61. The standard InChI is InChI=1S/C12H16NO9P.C7H7NO2/c14-5-8-9(15)10(16)11(22-8)13(23(19,20)21)7-4-2-1-3-6(7)12(17)18;8-6-4-2-1-3-5(6)7(9)10/h1-4,8-11,14-16H,5H2,(H,17,18)(H2,19,20,21);1-4H,8H2,(H,9,10)/t8-,9-,10-,11?;/m1./s1. The van der Waals surface area contributed by atoms with Crippen molar-refractivity contribution in [2.24, 2.45) is 0 Å². The lowest BCUT2D eigenvalue weighted by Crippen LogP contribution is -2.43. The molecule has 1 saturated heterocycles. The topological polar surface area (TPSA) is 231 Å². The molecule has 3 rings (SSSR count). The Labute approximate surface area is 187 Å². The van der Waals surface area contributed by atoms with E-state index in [1.807, 2.05) is 0 Å². The molecule has 1 aliphatic rings. The number of para-hydroxylation sites is 2. The van der Waals surface area contributed by atoms with Gasteiger partial charge in [0, 0.05) is 5.69 Å². The minimum absolute atomic E-state index is 0.155. The van der Waals surface area contributed by atoms with Crippen LogP contribution in [-0.2, 0) is 9.30 Å². The summed E-state index contributed by atoms with van der Waals surface area (Å²) >= 11 is 0. The molecule has 0 amide bonds. The van der Waals surface area contributed by atoms with Gasteiger partial charge in [0.15, 0.2) is 6.23 Å². The van der Waals surface area contributed by atoms with Gasteiger partial charge in [-0.05, 0) is 24.3 Å². The molecule has 2 aromatic rings. The second-order valence-electron chi connectivity index (χ2n) is 6.80. The largest absolute Gasteiger partial charge is 0.478 e. The summed E-state index contributed by atoms with van der Waals surface area (Å²) in [6.07, 6.45) is -6.35. The van der Waals surface area contributed by atoms with Crippen molar-refractivity contribution in [3.05, 3.63) is 59.7 Å². The van der Waals surface area contributed by atoms with Crippen molar-refractivity contribution in [3.8, 4) is 0 Å². The first-order chi connectivity index (χ1) is 15.4. The lowest BCUT2D eigenvalue weighted by atomic mass is 10.1. The van der Waals surface area contributed by atoms with Crippen LogP contribution < -0.4 is 10.4 Å². The summed E-state index contributed by atoms with van der Waals surface area (Å²) in [7, 11) is -5.12. The molecule has 1 fully saturated rings. The Morgan fingerprint density at radius 3 is 1.88 bits per heavy atom. The van der Waals surface area contributed by atoms with Gasteiger partial charge in [0.05, 0.1) is 23.4 Å². The first kappa shape index (κ1) is 26.2. The minimum atomic E-state index is -5.12. The summed E-state index contributed by atoms with van der Waals surface area (Å²) in [4.78, 5) is 40.7. The third-order valence-corrected chi connectivity index (χ3v) is 5.62. The third kappa shape index (κ3) is 6.06. The number of benzene rings is 2. The Hall–Kier alpha value is -3.03. The van der Waals surface area contributed by atoms with Crippen molar-refractivity contribution in [2.75, 3.05) is 17.0 Å². The van der Waals surface area contributed by atoms with Gasteiger partial charge >= 0.3 is 19.7 Å². The molecule has 0 saturated carbocycles.